The first-order valence-electron chi connectivity index (χ1n) is 21.4. The summed E-state index contributed by atoms with van der Waals surface area (Å²) in [7, 11) is -9.65. The van der Waals surface area contributed by atoms with E-state index in [0.29, 0.717) is 11.1 Å². The molecule has 0 amide bonds. The summed E-state index contributed by atoms with van der Waals surface area (Å²) >= 11 is 0. The van der Waals surface area contributed by atoms with Gasteiger partial charge in [-0.1, -0.05) is 70.9 Å². The topological polar surface area (TPSA) is 263 Å². The minimum absolute atomic E-state index is 0.118. The van der Waals surface area contributed by atoms with E-state index in [0.717, 1.165) is 14.5 Å². The van der Waals surface area contributed by atoms with Crippen LogP contribution in [0.4, 0.5) is 0 Å². The normalized spacial score (nSPS) is 25.8. The predicted molar refractivity (Wildman–Crippen MR) is 247 cm³/mol. The molecule has 2 fully saturated rings. The van der Waals surface area contributed by atoms with Gasteiger partial charge in [0.25, 0.3) is 21.2 Å². The Morgan fingerprint density at radius 1 is 0.877 bits per heavy atom. The van der Waals surface area contributed by atoms with Crippen LogP contribution in [0, 0.1) is 13.8 Å². The number of ether oxygens (including phenoxy) is 2. The smallest absolute Gasteiger partial charge is 0.333 e. The zero-order chi connectivity index (χ0) is 48.4. The molecule has 3 N–H and O–H groups in total. The van der Waals surface area contributed by atoms with Gasteiger partial charge in [0.05, 0.1) is 49.6 Å². The van der Waals surface area contributed by atoms with Crippen molar-refractivity contribution >= 4 is 26.8 Å². The summed E-state index contributed by atoms with van der Waals surface area (Å²) in [5, 5.41) is 13.7. The van der Waals surface area contributed by atoms with Gasteiger partial charge >= 0.3 is 11.4 Å². The van der Waals surface area contributed by atoms with E-state index in [2.05, 4.69) is 30.8 Å². The van der Waals surface area contributed by atoms with Gasteiger partial charge in [-0.05, 0) is 66.8 Å². The third kappa shape index (κ3) is 9.45. The van der Waals surface area contributed by atoms with Gasteiger partial charge < -0.3 is 29.2 Å². The number of nitrogens with two attached hydrogens (primary N) is 1. The van der Waals surface area contributed by atoms with E-state index in [4.69, 9.17) is 33.8 Å². The molecule has 0 bridgehead atoms. The van der Waals surface area contributed by atoms with Crippen molar-refractivity contribution in [2.24, 2.45) is 10.8 Å². The Kier molecular flexibility index (Phi) is 13.6. The molecular weight excluding hydrogens is 897 g/mol. The van der Waals surface area contributed by atoms with Crippen LogP contribution in [0.25, 0.3) is 10.4 Å². The standard InChI is InChI=1S/C42H62N8O12SSi2/c1-25-18-47(33-17-29(45-46-44)30(22-51)59-33)38(54)48(35(25)52)20-27-13-15-28(16-14-27)21-49-36(53)26(2)19-50(39(49)55)37-34(61-65(11,12)41(6,7)8)42(31(43)24-63(56,57)62-42)32(60-37)23-58-64(9,10)40(3,4)5/h13-16,18-19,24,29-30,32-34,37,51H,17,20-23,43H2,1-12H3/t29-,30+,32+,33+,34-,37+,42?/m0/s1. The highest BCUT2D eigenvalue weighted by Gasteiger charge is 2.67. The van der Waals surface area contributed by atoms with E-state index < -0.39 is 103 Å². The summed E-state index contributed by atoms with van der Waals surface area (Å²) in [5.41, 5.74) is 12.5. The zero-order valence-electron chi connectivity index (χ0n) is 39.1. The number of benzene rings is 1. The van der Waals surface area contributed by atoms with Gasteiger partial charge in [-0.2, -0.15) is 8.42 Å². The highest BCUT2D eigenvalue weighted by atomic mass is 32.2. The molecule has 1 aromatic carbocycles. The largest absolute Gasteiger partial charge is 0.414 e. The third-order valence-electron chi connectivity index (χ3n) is 13.7. The number of rotatable bonds is 13. The van der Waals surface area contributed by atoms with Gasteiger partial charge in [0, 0.05) is 34.9 Å². The molecule has 23 heteroatoms. The average molecular weight is 959 g/mol. The van der Waals surface area contributed by atoms with Crippen molar-refractivity contribution < 1.29 is 36.0 Å². The molecule has 1 unspecified atom stereocenters. The Labute approximate surface area is 379 Å². The fourth-order valence-electron chi connectivity index (χ4n) is 7.75. The number of nitrogens with zero attached hydrogens (tertiary/aromatic N) is 7. The van der Waals surface area contributed by atoms with Crippen LogP contribution >= 0.6 is 0 Å². The highest BCUT2D eigenvalue weighted by Crippen LogP contribution is 2.52. The fourth-order valence-corrected chi connectivity index (χ4v) is 11.3. The van der Waals surface area contributed by atoms with Crippen molar-refractivity contribution in [3.63, 3.8) is 0 Å². The second-order valence-corrected chi connectivity index (χ2v) is 31.2. The molecule has 1 spiro atoms. The lowest BCUT2D eigenvalue weighted by Crippen LogP contribution is -2.59. The molecule has 3 aliphatic heterocycles. The summed E-state index contributed by atoms with van der Waals surface area (Å²) in [6, 6.07) is 5.98. The third-order valence-corrected chi connectivity index (χ3v) is 23.7. The van der Waals surface area contributed by atoms with E-state index in [-0.39, 0.29) is 48.0 Å². The molecule has 5 heterocycles. The lowest BCUT2D eigenvalue weighted by molar-refractivity contribution is -0.0567. The quantitative estimate of drug-likeness (QED) is 0.0801. The molecule has 0 radical (unpaired) electrons. The predicted octanol–water partition coefficient (Wildman–Crippen LogP) is 4.21. The first-order valence-corrected chi connectivity index (χ1v) is 28.7. The lowest BCUT2D eigenvalue weighted by Gasteiger charge is -2.43. The summed E-state index contributed by atoms with van der Waals surface area (Å²) < 4.78 is 63.3. The zero-order valence-corrected chi connectivity index (χ0v) is 41.9. The molecule has 2 saturated heterocycles. The van der Waals surface area contributed by atoms with E-state index in [1.165, 1.54) is 21.5 Å². The van der Waals surface area contributed by atoms with Crippen molar-refractivity contribution in [1.29, 1.82) is 0 Å². The number of azide groups is 1. The Morgan fingerprint density at radius 2 is 1.38 bits per heavy atom. The van der Waals surface area contributed by atoms with Gasteiger partial charge in [-0.3, -0.25) is 27.9 Å². The number of aliphatic hydroxyl groups excluding tert-OH is 1. The first-order chi connectivity index (χ1) is 30.0. The molecule has 7 atom stereocenters. The van der Waals surface area contributed by atoms with Crippen LogP contribution in [0.3, 0.4) is 0 Å². The molecule has 2 aromatic heterocycles. The number of aromatic nitrogens is 4. The molecule has 0 saturated carbocycles. The van der Waals surface area contributed by atoms with E-state index in [9.17, 15) is 32.7 Å². The Bertz CT molecular complexity index is 2760. The summed E-state index contributed by atoms with van der Waals surface area (Å²) in [6.07, 6.45) is -2.61. The molecule has 20 nitrogen and oxygen atoms in total. The number of hydrogen-bond acceptors (Lipinski definition) is 14. The number of aryl methyl sites for hydroxylation is 2. The van der Waals surface area contributed by atoms with Crippen molar-refractivity contribution in [1.82, 2.24) is 18.3 Å². The molecule has 0 aliphatic carbocycles. The summed E-state index contributed by atoms with van der Waals surface area (Å²) in [6.45, 7) is 22.5. The average Bonchev–Trinajstić information content (AvgIpc) is 3.83. The second kappa shape index (κ2) is 17.7. The van der Waals surface area contributed by atoms with Crippen molar-refractivity contribution in [3.05, 3.63) is 122 Å². The van der Waals surface area contributed by atoms with E-state index >= 15 is 0 Å². The molecule has 3 aliphatic rings. The molecule has 6 rings (SSSR count). The van der Waals surface area contributed by atoms with Gasteiger partial charge in [-0.15, -0.1) is 0 Å². The fraction of sp³-hybridized carbons (Fsp3) is 0.619. The van der Waals surface area contributed by atoms with Crippen molar-refractivity contribution in [2.75, 3.05) is 13.2 Å². The molecule has 65 heavy (non-hydrogen) atoms. The van der Waals surface area contributed by atoms with Crippen LogP contribution in [0.1, 0.15) is 82.7 Å². The van der Waals surface area contributed by atoms with E-state index in [1.54, 1.807) is 38.1 Å². The van der Waals surface area contributed by atoms with Crippen molar-refractivity contribution in [3.8, 4) is 0 Å². The van der Waals surface area contributed by atoms with Gasteiger partial charge in [0.15, 0.2) is 28.5 Å². The van der Waals surface area contributed by atoms with Crippen molar-refractivity contribution in [2.45, 2.75) is 154 Å². The highest BCUT2D eigenvalue weighted by molar-refractivity contribution is 7.90. The first kappa shape index (κ1) is 50.0. The second-order valence-electron chi connectivity index (χ2n) is 20.3. The maximum absolute atomic E-state index is 14.7. The Morgan fingerprint density at radius 3 is 1.85 bits per heavy atom. The van der Waals surface area contributed by atoms with Gasteiger partial charge in [0.2, 0.25) is 0 Å². The molecular formula is C42H62N8O12SSi2. The SMILES string of the molecule is Cc1cn([C@@H]2O[C@H](CO[Si](C)(C)C(C)(C)C)C3(OS(=O)(=O)C=C3N)[C@H]2O[Si](C)(C)C(C)(C)C)c(=O)n(Cc2ccc(Cn3c(=O)c(C)cn([C@H]4C[C@H](N=[N+]=[N-])[C@@H](CO)O4)c3=O)cc2)c1=O. The van der Waals surface area contributed by atoms with Gasteiger partial charge in [0.1, 0.15) is 18.4 Å². The summed E-state index contributed by atoms with van der Waals surface area (Å²) in [5.74, 6) is 0. The number of hydrogen-bond donors (Lipinski definition) is 2. The monoisotopic (exact) mass is 958 g/mol. The van der Waals surface area contributed by atoms with Gasteiger partial charge in [-0.25, -0.2) is 13.8 Å². The number of aliphatic hydroxyl groups is 1. The van der Waals surface area contributed by atoms with Crippen LogP contribution in [0.5, 0.6) is 0 Å². The minimum Gasteiger partial charge on any atom is -0.414 e. The summed E-state index contributed by atoms with van der Waals surface area (Å²) in [4.78, 5) is 58.3. The maximum atomic E-state index is 14.7. The van der Waals surface area contributed by atoms with Crippen LogP contribution in [0.15, 0.2) is 72.1 Å². The van der Waals surface area contributed by atoms with Crippen LogP contribution < -0.4 is 28.2 Å². The van der Waals surface area contributed by atoms with Crippen LogP contribution in [0.2, 0.25) is 36.3 Å². The van der Waals surface area contributed by atoms with E-state index in [1.807, 2.05) is 47.0 Å². The van der Waals surface area contributed by atoms with Crippen LogP contribution in [-0.2, 0) is 45.7 Å². The Hall–Kier alpha value is -4.43. The molecule has 356 valence electrons. The molecule has 3 aromatic rings. The lowest BCUT2D eigenvalue weighted by atomic mass is 9.89. The Balaban J connectivity index is 1.36. The minimum atomic E-state index is -4.33. The maximum Gasteiger partial charge on any atom is 0.333 e. The van der Waals surface area contributed by atoms with Crippen LogP contribution in [-0.4, -0.2) is 91.6 Å².